The highest BCUT2D eigenvalue weighted by molar-refractivity contribution is 5.94. The molecule has 1 aromatic rings. The third-order valence-electron chi connectivity index (χ3n) is 1.55. The van der Waals surface area contributed by atoms with Gasteiger partial charge in [0.25, 0.3) is 5.91 Å². The highest BCUT2D eigenvalue weighted by atomic mass is 16.4. The maximum Gasteiger partial charge on any atom is 0.328 e. The van der Waals surface area contributed by atoms with Crippen LogP contribution in [-0.4, -0.2) is 57.1 Å². The average molecular weight is 298 g/mol. The first-order chi connectivity index (χ1) is 9.73. The van der Waals surface area contributed by atoms with Crippen molar-refractivity contribution < 1.29 is 24.6 Å². The maximum absolute atomic E-state index is 10.8. The number of rotatable bonds is 5. The Kier molecular flexibility index (Phi) is 7.44. The molecule has 1 amide bonds. The van der Waals surface area contributed by atoms with Crippen molar-refractivity contribution in [3.8, 4) is 0 Å². The van der Waals surface area contributed by atoms with E-state index in [1.54, 1.807) is 14.1 Å². The number of aromatic amines is 1. The molecule has 11 nitrogen and oxygen atoms in total. The zero-order valence-electron chi connectivity index (χ0n) is 11.2. The number of hydrogen-bond donors (Lipinski definition) is 4. The van der Waals surface area contributed by atoms with Gasteiger partial charge < -0.3 is 20.9 Å². The first kappa shape index (κ1) is 17.8. The zero-order valence-corrected chi connectivity index (χ0v) is 11.2. The molecule has 21 heavy (non-hydrogen) atoms. The molecule has 0 aliphatic rings. The van der Waals surface area contributed by atoms with Crippen molar-refractivity contribution in [2.75, 3.05) is 14.1 Å². The van der Waals surface area contributed by atoms with Crippen LogP contribution in [0.4, 0.5) is 5.82 Å². The van der Waals surface area contributed by atoms with Crippen molar-refractivity contribution in [3.05, 3.63) is 24.2 Å². The number of carbonyl (C=O) groups excluding carboxylic acids is 1. The smallest absolute Gasteiger partial charge is 0.328 e. The van der Waals surface area contributed by atoms with E-state index in [1.165, 1.54) is 11.3 Å². The summed E-state index contributed by atoms with van der Waals surface area (Å²) in [6, 6.07) is 0. The Morgan fingerprint density at radius 3 is 2.19 bits per heavy atom. The standard InChI is InChI=1S/C6H10N6O.C4H4O4/c1-12(2)11-10-6-4(5(7)13)8-3-9-6;5-3(6)1-2-4(7)8/h3H,1-2H3,(H2,7,13)(H,8,9);1-2H,(H,5,6)(H,7,8)/b;2-1-. The monoisotopic (exact) mass is 298 g/mol. The van der Waals surface area contributed by atoms with Crippen molar-refractivity contribution in [3.63, 3.8) is 0 Å². The predicted octanol–water partition coefficient (Wildman–Crippen LogP) is -0.219. The molecule has 0 bridgehead atoms. The van der Waals surface area contributed by atoms with Crippen LogP contribution in [0.2, 0.25) is 0 Å². The van der Waals surface area contributed by atoms with Gasteiger partial charge >= 0.3 is 11.9 Å². The molecule has 1 rings (SSSR count). The molecule has 1 aromatic heterocycles. The lowest BCUT2D eigenvalue weighted by atomic mass is 10.4. The second kappa shape index (κ2) is 8.79. The maximum atomic E-state index is 10.8. The highest BCUT2D eigenvalue weighted by Gasteiger charge is 2.09. The van der Waals surface area contributed by atoms with E-state index in [9.17, 15) is 14.4 Å². The second-order valence-electron chi connectivity index (χ2n) is 3.51. The summed E-state index contributed by atoms with van der Waals surface area (Å²) in [4.78, 5) is 36.2. The van der Waals surface area contributed by atoms with Crippen LogP contribution in [-0.2, 0) is 9.59 Å². The topological polar surface area (TPSA) is 174 Å². The largest absolute Gasteiger partial charge is 0.478 e. The summed E-state index contributed by atoms with van der Waals surface area (Å²) in [5, 5.41) is 24.5. The van der Waals surface area contributed by atoms with Gasteiger partial charge in [0.1, 0.15) is 0 Å². The van der Waals surface area contributed by atoms with Crippen LogP contribution >= 0.6 is 0 Å². The minimum atomic E-state index is -1.26. The molecule has 0 aliphatic carbocycles. The number of primary amides is 1. The predicted molar refractivity (Wildman–Crippen MR) is 69.7 cm³/mol. The van der Waals surface area contributed by atoms with E-state index in [1.807, 2.05) is 0 Å². The Hall–Kier alpha value is -3.24. The first-order valence-electron chi connectivity index (χ1n) is 5.30. The Morgan fingerprint density at radius 1 is 1.29 bits per heavy atom. The van der Waals surface area contributed by atoms with Gasteiger partial charge in [-0.25, -0.2) is 14.6 Å². The van der Waals surface area contributed by atoms with E-state index in [4.69, 9.17) is 15.9 Å². The fourth-order valence-electron chi connectivity index (χ4n) is 0.819. The molecule has 0 saturated carbocycles. The molecule has 11 heteroatoms. The van der Waals surface area contributed by atoms with E-state index in [2.05, 4.69) is 20.3 Å². The summed E-state index contributed by atoms with van der Waals surface area (Å²) in [7, 11) is 3.42. The fourth-order valence-corrected chi connectivity index (χ4v) is 0.819. The lowest BCUT2D eigenvalue weighted by molar-refractivity contribution is -0.134. The van der Waals surface area contributed by atoms with Crippen LogP contribution in [0, 0.1) is 0 Å². The summed E-state index contributed by atoms with van der Waals surface area (Å²) < 4.78 is 0. The number of nitrogens with two attached hydrogens (primary N) is 1. The van der Waals surface area contributed by atoms with Crippen molar-refractivity contribution in [2.24, 2.45) is 16.1 Å². The zero-order chi connectivity index (χ0) is 16.4. The van der Waals surface area contributed by atoms with E-state index in [0.717, 1.165) is 0 Å². The number of aromatic nitrogens is 2. The normalized spacial score (nSPS) is 10.2. The summed E-state index contributed by atoms with van der Waals surface area (Å²) >= 11 is 0. The molecular formula is C10H14N6O5. The number of hydrogen-bond acceptors (Lipinski definition) is 6. The van der Waals surface area contributed by atoms with Gasteiger partial charge in [0.2, 0.25) is 5.82 Å². The van der Waals surface area contributed by atoms with Gasteiger partial charge in [0.15, 0.2) is 5.69 Å². The number of carbonyl (C=O) groups is 3. The quantitative estimate of drug-likeness (QED) is 0.330. The Balaban J connectivity index is 0.000000433. The number of aliphatic carboxylic acids is 2. The highest BCUT2D eigenvalue weighted by Crippen LogP contribution is 2.12. The molecule has 0 aromatic carbocycles. The molecular weight excluding hydrogens is 284 g/mol. The molecule has 0 spiro atoms. The SMILES string of the molecule is CN(C)N=Nc1nc[nH]c1C(N)=O.O=C(O)/C=C\C(=O)O. The summed E-state index contributed by atoms with van der Waals surface area (Å²) in [6.45, 7) is 0. The van der Waals surface area contributed by atoms with Gasteiger partial charge in [-0.2, -0.15) is 0 Å². The molecule has 114 valence electrons. The molecule has 0 fully saturated rings. The van der Waals surface area contributed by atoms with Gasteiger partial charge in [-0.3, -0.25) is 9.80 Å². The van der Waals surface area contributed by atoms with Gasteiger partial charge in [-0.1, -0.05) is 5.22 Å². The second-order valence-corrected chi connectivity index (χ2v) is 3.51. The average Bonchev–Trinajstić information content (AvgIpc) is 2.83. The van der Waals surface area contributed by atoms with Crippen LogP contribution in [0.3, 0.4) is 0 Å². The third kappa shape index (κ3) is 8.47. The van der Waals surface area contributed by atoms with E-state index >= 15 is 0 Å². The number of imidazole rings is 1. The Bertz CT molecular complexity index is 546. The summed E-state index contributed by atoms with van der Waals surface area (Å²) in [5.74, 6) is -2.92. The van der Waals surface area contributed by atoms with E-state index in [-0.39, 0.29) is 11.5 Å². The van der Waals surface area contributed by atoms with Crippen molar-refractivity contribution in [1.29, 1.82) is 0 Å². The van der Waals surface area contributed by atoms with E-state index < -0.39 is 17.8 Å². The molecule has 1 heterocycles. The minimum Gasteiger partial charge on any atom is -0.478 e. The van der Waals surface area contributed by atoms with Crippen molar-refractivity contribution in [1.82, 2.24) is 15.0 Å². The minimum absolute atomic E-state index is 0.158. The summed E-state index contributed by atoms with van der Waals surface area (Å²) in [6.07, 6.45) is 2.45. The molecule has 0 radical (unpaired) electrons. The number of nitrogens with zero attached hydrogens (tertiary/aromatic N) is 4. The number of carboxylic acids is 2. The number of amides is 1. The Labute approximate surface area is 118 Å². The van der Waals surface area contributed by atoms with Crippen LogP contribution in [0.5, 0.6) is 0 Å². The lowest BCUT2D eigenvalue weighted by Crippen LogP contribution is -2.11. The van der Waals surface area contributed by atoms with Crippen LogP contribution in [0.1, 0.15) is 10.5 Å². The number of carboxylic acid groups (broad SMARTS) is 2. The van der Waals surface area contributed by atoms with Crippen molar-refractivity contribution >= 4 is 23.7 Å². The van der Waals surface area contributed by atoms with Crippen LogP contribution < -0.4 is 5.73 Å². The van der Waals surface area contributed by atoms with Crippen molar-refractivity contribution in [2.45, 2.75) is 0 Å². The van der Waals surface area contributed by atoms with Gasteiger partial charge in [-0.15, -0.1) is 5.11 Å². The van der Waals surface area contributed by atoms with Crippen LogP contribution in [0.25, 0.3) is 0 Å². The van der Waals surface area contributed by atoms with Crippen LogP contribution in [0.15, 0.2) is 28.8 Å². The molecule has 0 atom stereocenters. The Morgan fingerprint density at radius 2 is 1.81 bits per heavy atom. The van der Waals surface area contributed by atoms with Gasteiger partial charge in [0, 0.05) is 26.2 Å². The molecule has 5 N–H and O–H groups in total. The summed E-state index contributed by atoms with van der Waals surface area (Å²) in [5.41, 5.74) is 5.20. The third-order valence-corrected chi connectivity index (χ3v) is 1.55. The molecule has 0 unspecified atom stereocenters. The lowest BCUT2D eigenvalue weighted by Gasteiger charge is -1.98. The molecule has 0 saturated heterocycles. The van der Waals surface area contributed by atoms with Gasteiger partial charge in [0.05, 0.1) is 6.33 Å². The van der Waals surface area contributed by atoms with Gasteiger partial charge in [-0.05, 0) is 0 Å². The fraction of sp³-hybridized carbons (Fsp3) is 0.200. The van der Waals surface area contributed by atoms with E-state index in [0.29, 0.717) is 12.2 Å². The number of H-pyrrole nitrogens is 1. The first-order valence-corrected chi connectivity index (χ1v) is 5.30. The number of nitrogens with one attached hydrogen (secondary N) is 1. The molecule has 0 aliphatic heterocycles.